The zero-order valence-corrected chi connectivity index (χ0v) is 7.64. The number of halogens is 1. The first kappa shape index (κ1) is 13.0. The highest BCUT2D eigenvalue weighted by atomic mass is 19.2. The van der Waals surface area contributed by atoms with Crippen LogP contribution in [0.5, 0.6) is 0 Å². The highest BCUT2D eigenvalue weighted by Gasteiger charge is 2.57. The lowest BCUT2D eigenvalue weighted by molar-refractivity contribution is -0.831. The number of methoxy groups -OCH3 is 1. The minimum Gasteiger partial charge on any atom is -0.453 e. The van der Waals surface area contributed by atoms with Gasteiger partial charge < -0.3 is 10.1 Å². The average Bonchev–Trinajstić information content (AvgIpc) is 2.16. The maximum absolute atomic E-state index is 13.0. The van der Waals surface area contributed by atoms with Crippen LogP contribution in [0.2, 0.25) is 0 Å². The van der Waals surface area contributed by atoms with Crippen molar-refractivity contribution in [1.29, 1.82) is 0 Å². The fourth-order valence-electron chi connectivity index (χ4n) is 0.645. The van der Waals surface area contributed by atoms with Crippen molar-refractivity contribution in [3.05, 3.63) is 20.2 Å². The standard InChI is InChI=1S/C5H8FN3O6/c1-15-4(10)7-3-2-5(6,8(11)12)9(13)14/h2-3H2,1H3,(H,7,10). The number of hydrogen-bond donors (Lipinski definition) is 1. The summed E-state index contributed by atoms with van der Waals surface area (Å²) in [6.07, 6.45) is -2.04. The molecule has 0 aromatic carbocycles. The molecule has 9 nitrogen and oxygen atoms in total. The van der Waals surface area contributed by atoms with Crippen molar-refractivity contribution in [1.82, 2.24) is 5.32 Å². The molecule has 0 aliphatic rings. The Bertz CT molecular complexity index is 268. The molecule has 0 aliphatic carbocycles. The predicted molar refractivity (Wildman–Crippen MR) is 42.9 cm³/mol. The van der Waals surface area contributed by atoms with Crippen molar-refractivity contribution in [2.75, 3.05) is 13.7 Å². The summed E-state index contributed by atoms with van der Waals surface area (Å²) in [7, 11) is 1.03. The van der Waals surface area contributed by atoms with Crippen LogP contribution in [0.15, 0.2) is 0 Å². The summed E-state index contributed by atoms with van der Waals surface area (Å²) in [5.41, 5.74) is 0. The van der Waals surface area contributed by atoms with E-state index in [1.165, 1.54) is 0 Å². The first-order valence-electron chi connectivity index (χ1n) is 3.64. The van der Waals surface area contributed by atoms with Crippen molar-refractivity contribution in [2.45, 2.75) is 12.3 Å². The lowest BCUT2D eigenvalue weighted by atomic mass is 10.3. The average molecular weight is 225 g/mol. The second kappa shape index (κ2) is 5.02. The zero-order chi connectivity index (χ0) is 12.1. The number of alkyl carbamates (subject to hydrolysis) is 1. The maximum atomic E-state index is 13.0. The molecule has 0 radical (unpaired) electrons. The van der Waals surface area contributed by atoms with Crippen LogP contribution < -0.4 is 5.32 Å². The second-order valence-corrected chi connectivity index (χ2v) is 2.40. The van der Waals surface area contributed by atoms with Crippen molar-refractivity contribution in [3.63, 3.8) is 0 Å². The van der Waals surface area contributed by atoms with Gasteiger partial charge in [0.15, 0.2) is 0 Å². The number of alkyl halides is 1. The van der Waals surface area contributed by atoms with Gasteiger partial charge in [-0.15, -0.1) is 0 Å². The Kier molecular flexibility index (Phi) is 4.35. The molecule has 10 heteroatoms. The summed E-state index contributed by atoms with van der Waals surface area (Å²) in [6, 6.07) is 0. The van der Waals surface area contributed by atoms with Gasteiger partial charge in [0.2, 0.25) is 0 Å². The minimum atomic E-state index is -3.79. The molecule has 0 spiro atoms. The third kappa shape index (κ3) is 3.32. The summed E-state index contributed by atoms with van der Waals surface area (Å²) in [5.74, 6) is -3.79. The van der Waals surface area contributed by atoms with E-state index < -0.39 is 34.8 Å². The van der Waals surface area contributed by atoms with Crippen molar-refractivity contribution in [2.24, 2.45) is 0 Å². The molecule has 0 bridgehead atoms. The molecule has 0 saturated carbocycles. The van der Waals surface area contributed by atoms with Crippen LogP contribution >= 0.6 is 0 Å². The van der Waals surface area contributed by atoms with Gasteiger partial charge in [-0.05, 0) is 0 Å². The van der Waals surface area contributed by atoms with E-state index in [0.717, 1.165) is 7.11 Å². The molecule has 0 heterocycles. The van der Waals surface area contributed by atoms with Gasteiger partial charge in [-0.1, -0.05) is 4.39 Å². The molecule has 0 rings (SSSR count). The summed E-state index contributed by atoms with van der Waals surface area (Å²) in [4.78, 5) is 27.2. The molecule has 0 saturated heterocycles. The number of ether oxygens (including phenoxy) is 1. The van der Waals surface area contributed by atoms with E-state index in [2.05, 4.69) is 4.74 Å². The summed E-state index contributed by atoms with van der Waals surface area (Å²) < 4.78 is 17.1. The van der Waals surface area contributed by atoms with Gasteiger partial charge in [0, 0.05) is 6.54 Å². The molecule has 1 N–H and O–H groups in total. The highest BCUT2D eigenvalue weighted by molar-refractivity contribution is 5.66. The maximum Gasteiger partial charge on any atom is 0.615 e. The van der Waals surface area contributed by atoms with Crippen LogP contribution in [0.1, 0.15) is 6.42 Å². The van der Waals surface area contributed by atoms with E-state index in [0.29, 0.717) is 0 Å². The van der Waals surface area contributed by atoms with E-state index in [-0.39, 0.29) is 0 Å². The van der Waals surface area contributed by atoms with E-state index >= 15 is 0 Å². The van der Waals surface area contributed by atoms with Gasteiger partial charge in [0.1, 0.15) is 16.3 Å². The molecule has 0 aromatic heterocycles. The Hall–Kier alpha value is -2.00. The molecule has 0 aliphatic heterocycles. The molecule has 15 heavy (non-hydrogen) atoms. The Labute approximate surface area is 82.5 Å². The normalized spacial score (nSPS) is 10.5. The lowest BCUT2D eigenvalue weighted by Gasteiger charge is -2.08. The second-order valence-electron chi connectivity index (χ2n) is 2.40. The van der Waals surface area contributed by atoms with Crippen LogP contribution in [-0.2, 0) is 4.74 Å². The fraction of sp³-hybridized carbons (Fsp3) is 0.800. The topological polar surface area (TPSA) is 125 Å². The molecular weight excluding hydrogens is 217 g/mol. The first-order chi connectivity index (χ1) is 6.84. The van der Waals surface area contributed by atoms with E-state index in [1.54, 1.807) is 0 Å². The lowest BCUT2D eigenvalue weighted by Crippen LogP contribution is -2.44. The number of carbonyl (C=O) groups is 1. The van der Waals surface area contributed by atoms with Crippen LogP contribution in [0.25, 0.3) is 0 Å². The summed E-state index contributed by atoms with van der Waals surface area (Å²) in [6.45, 7) is -0.578. The third-order valence-electron chi connectivity index (χ3n) is 1.46. The predicted octanol–water partition coefficient (Wildman–Crippen LogP) is -0.0908. The van der Waals surface area contributed by atoms with Gasteiger partial charge in [0.05, 0.1) is 7.11 Å². The fourth-order valence-corrected chi connectivity index (χ4v) is 0.645. The molecule has 0 unspecified atom stereocenters. The van der Waals surface area contributed by atoms with Gasteiger partial charge in [-0.3, -0.25) is 20.2 Å². The number of amides is 1. The van der Waals surface area contributed by atoms with Gasteiger partial charge in [-0.2, -0.15) is 0 Å². The molecule has 0 aromatic rings. The van der Waals surface area contributed by atoms with Gasteiger partial charge in [0.25, 0.3) is 0 Å². The van der Waals surface area contributed by atoms with E-state index in [4.69, 9.17) is 0 Å². The van der Waals surface area contributed by atoms with Crippen molar-refractivity contribution in [3.8, 4) is 0 Å². The summed E-state index contributed by atoms with van der Waals surface area (Å²) >= 11 is 0. The van der Waals surface area contributed by atoms with Crippen molar-refractivity contribution >= 4 is 6.09 Å². The van der Waals surface area contributed by atoms with Crippen LogP contribution in [0.4, 0.5) is 9.18 Å². The van der Waals surface area contributed by atoms with Gasteiger partial charge in [-0.25, -0.2) is 4.79 Å². The highest BCUT2D eigenvalue weighted by Crippen LogP contribution is 2.16. The number of carbonyl (C=O) groups excluding carboxylic acids is 1. The molecule has 86 valence electrons. The number of hydrogen-bond acceptors (Lipinski definition) is 6. The number of rotatable bonds is 5. The van der Waals surface area contributed by atoms with Crippen LogP contribution in [-0.4, -0.2) is 35.5 Å². The Morgan fingerprint density at radius 3 is 2.27 bits per heavy atom. The van der Waals surface area contributed by atoms with Gasteiger partial charge >= 0.3 is 12.0 Å². The molecular formula is C5H8FN3O6. The Morgan fingerprint density at radius 1 is 1.47 bits per heavy atom. The van der Waals surface area contributed by atoms with Crippen molar-refractivity contribution < 1.29 is 23.8 Å². The smallest absolute Gasteiger partial charge is 0.453 e. The van der Waals surface area contributed by atoms with Crippen LogP contribution in [0, 0.1) is 20.2 Å². The zero-order valence-electron chi connectivity index (χ0n) is 7.64. The number of nitrogens with one attached hydrogen (secondary N) is 1. The molecule has 0 fully saturated rings. The quantitative estimate of drug-likeness (QED) is 0.301. The van der Waals surface area contributed by atoms with Crippen LogP contribution in [0.3, 0.4) is 0 Å². The minimum absolute atomic E-state index is 0.578. The Morgan fingerprint density at radius 2 is 1.93 bits per heavy atom. The number of nitro groups is 2. The largest absolute Gasteiger partial charge is 0.615 e. The third-order valence-corrected chi connectivity index (χ3v) is 1.46. The SMILES string of the molecule is COC(=O)NCCC(F)([N+](=O)[O-])[N+](=O)[O-]. The summed E-state index contributed by atoms with van der Waals surface area (Å²) in [5, 5.41) is 22.0. The Balaban J connectivity index is 4.27. The monoisotopic (exact) mass is 225 g/mol. The van der Waals surface area contributed by atoms with E-state index in [1.807, 2.05) is 5.32 Å². The molecule has 0 atom stereocenters. The first-order valence-corrected chi connectivity index (χ1v) is 3.64. The van der Waals surface area contributed by atoms with E-state index in [9.17, 15) is 29.4 Å². The molecule has 1 amide bonds. The number of nitrogens with zero attached hydrogens (tertiary/aromatic N) is 2.